The second-order valence-corrected chi connectivity index (χ2v) is 7.38. The van der Waals surface area contributed by atoms with Gasteiger partial charge in [0.1, 0.15) is 18.6 Å². The highest BCUT2D eigenvalue weighted by Gasteiger charge is 2.29. The van der Waals surface area contributed by atoms with Gasteiger partial charge in [0.25, 0.3) is 0 Å². The number of amides is 3. The summed E-state index contributed by atoms with van der Waals surface area (Å²) in [7, 11) is 0. The lowest BCUT2D eigenvalue weighted by molar-refractivity contribution is -0.138. The number of aliphatic imine (C=N–C) groups is 1. The second-order valence-electron chi connectivity index (χ2n) is 7.38. The number of nitrogens with two attached hydrogens (primary N) is 3. The molecule has 32 heavy (non-hydrogen) atoms. The fourth-order valence-corrected chi connectivity index (χ4v) is 2.44. The maximum atomic E-state index is 12.8. The summed E-state index contributed by atoms with van der Waals surface area (Å²) in [5.74, 6) is -5.08. The number of carboxylic acid groups (broad SMARTS) is 2. The molecule has 0 aliphatic carbocycles. The summed E-state index contributed by atoms with van der Waals surface area (Å²) in [4.78, 5) is 62.8. The van der Waals surface area contributed by atoms with Gasteiger partial charge in [-0.15, -0.1) is 0 Å². The van der Waals surface area contributed by atoms with Crippen LogP contribution in [0.2, 0.25) is 0 Å². The lowest BCUT2D eigenvalue weighted by atomic mass is 10.0. The third-order valence-corrected chi connectivity index (χ3v) is 4.29. The summed E-state index contributed by atoms with van der Waals surface area (Å²) in [5.41, 5.74) is 16.2. The molecule has 0 fully saturated rings. The smallest absolute Gasteiger partial charge is 0.322 e. The molecule has 14 nitrogen and oxygen atoms in total. The first-order chi connectivity index (χ1) is 14.8. The van der Waals surface area contributed by atoms with Crippen LogP contribution in [0.25, 0.3) is 0 Å². The van der Waals surface area contributed by atoms with Gasteiger partial charge in [-0.05, 0) is 25.2 Å². The molecule has 0 aliphatic rings. The van der Waals surface area contributed by atoms with E-state index in [-0.39, 0.29) is 37.7 Å². The minimum Gasteiger partial charge on any atom is -0.481 e. The Morgan fingerprint density at radius 3 is 1.94 bits per heavy atom. The van der Waals surface area contributed by atoms with Gasteiger partial charge >= 0.3 is 11.9 Å². The molecule has 0 aliphatic heterocycles. The van der Waals surface area contributed by atoms with Crippen molar-refractivity contribution < 1.29 is 34.2 Å². The summed E-state index contributed by atoms with van der Waals surface area (Å²) in [6.07, 6.45) is -0.336. The molecule has 11 N–H and O–H groups in total. The van der Waals surface area contributed by atoms with E-state index < -0.39 is 60.8 Å². The quantitative estimate of drug-likeness (QED) is 0.0702. The van der Waals surface area contributed by atoms with E-state index in [0.717, 1.165) is 0 Å². The van der Waals surface area contributed by atoms with E-state index in [1.165, 1.54) is 0 Å². The van der Waals surface area contributed by atoms with E-state index in [1.807, 2.05) is 0 Å². The minimum absolute atomic E-state index is 0.0546. The summed E-state index contributed by atoms with van der Waals surface area (Å²) < 4.78 is 0. The van der Waals surface area contributed by atoms with Crippen molar-refractivity contribution in [3.63, 3.8) is 0 Å². The highest BCUT2D eigenvalue weighted by molar-refractivity contribution is 5.93. The Morgan fingerprint density at radius 1 is 0.875 bits per heavy atom. The number of nitrogens with one attached hydrogen (secondary N) is 3. The highest BCUT2D eigenvalue weighted by Crippen LogP contribution is 2.05. The molecule has 0 saturated heterocycles. The molecule has 0 aromatic carbocycles. The van der Waals surface area contributed by atoms with Crippen LogP contribution in [-0.4, -0.2) is 77.0 Å². The number of rotatable bonds is 15. The summed E-state index contributed by atoms with van der Waals surface area (Å²) in [6.45, 7) is 2.90. The Morgan fingerprint density at radius 2 is 1.44 bits per heavy atom. The lowest BCUT2D eigenvalue weighted by Gasteiger charge is -2.24. The van der Waals surface area contributed by atoms with Crippen LogP contribution in [0.3, 0.4) is 0 Å². The normalized spacial score (nSPS) is 13.4. The first kappa shape index (κ1) is 28.6. The molecule has 0 unspecified atom stereocenters. The molecular formula is C18H33N7O7. The molecule has 3 atom stereocenters. The molecule has 0 saturated carbocycles. The molecular weight excluding hydrogens is 426 g/mol. The van der Waals surface area contributed by atoms with Crippen molar-refractivity contribution in [2.45, 2.75) is 57.7 Å². The van der Waals surface area contributed by atoms with Gasteiger partial charge in [-0.2, -0.15) is 0 Å². The van der Waals surface area contributed by atoms with Crippen LogP contribution >= 0.6 is 0 Å². The van der Waals surface area contributed by atoms with Gasteiger partial charge in [0.2, 0.25) is 17.7 Å². The van der Waals surface area contributed by atoms with E-state index in [9.17, 15) is 24.0 Å². The monoisotopic (exact) mass is 459 g/mol. The predicted octanol–water partition coefficient (Wildman–Crippen LogP) is -2.94. The molecule has 3 amide bonds. The van der Waals surface area contributed by atoms with Crippen LogP contribution in [0.1, 0.15) is 39.5 Å². The summed E-state index contributed by atoms with van der Waals surface area (Å²) >= 11 is 0. The Bertz CT molecular complexity index is 708. The van der Waals surface area contributed by atoms with Gasteiger partial charge in [-0.1, -0.05) is 13.8 Å². The summed E-state index contributed by atoms with van der Waals surface area (Å²) in [5, 5.41) is 24.7. The van der Waals surface area contributed by atoms with E-state index in [2.05, 4.69) is 20.9 Å². The number of hydrogen-bond donors (Lipinski definition) is 8. The van der Waals surface area contributed by atoms with Crippen molar-refractivity contribution >= 4 is 35.6 Å². The number of hydrogen-bond acceptors (Lipinski definition) is 7. The lowest BCUT2D eigenvalue weighted by Crippen LogP contribution is -2.56. The van der Waals surface area contributed by atoms with Crippen molar-refractivity contribution in [1.29, 1.82) is 0 Å². The van der Waals surface area contributed by atoms with Crippen molar-refractivity contribution in [1.82, 2.24) is 16.0 Å². The molecule has 14 heteroatoms. The van der Waals surface area contributed by atoms with Gasteiger partial charge in [0.05, 0.1) is 6.04 Å². The zero-order valence-corrected chi connectivity index (χ0v) is 18.2. The van der Waals surface area contributed by atoms with Crippen LogP contribution in [0.5, 0.6) is 0 Å². The number of carbonyl (C=O) groups is 5. The van der Waals surface area contributed by atoms with E-state index in [4.69, 9.17) is 27.4 Å². The predicted molar refractivity (Wildman–Crippen MR) is 114 cm³/mol. The Balaban J connectivity index is 5.38. The SMILES string of the molecule is CC(C)[C@H](N)C(=O)N[C@@H](CCC(=O)O)C(=O)N[C@@H](CCCN=C(N)N)C(=O)NCC(=O)O. The molecule has 0 bridgehead atoms. The third kappa shape index (κ3) is 12.3. The first-order valence-corrected chi connectivity index (χ1v) is 9.98. The average Bonchev–Trinajstić information content (AvgIpc) is 2.69. The molecule has 0 aromatic rings. The van der Waals surface area contributed by atoms with Crippen LogP contribution in [-0.2, 0) is 24.0 Å². The van der Waals surface area contributed by atoms with Crippen LogP contribution in [0.15, 0.2) is 4.99 Å². The molecule has 182 valence electrons. The average molecular weight is 460 g/mol. The Labute approximate surface area is 185 Å². The number of carboxylic acids is 2. The van der Waals surface area contributed by atoms with Crippen molar-refractivity contribution in [2.75, 3.05) is 13.1 Å². The van der Waals surface area contributed by atoms with Crippen LogP contribution in [0.4, 0.5) is 0 Å². The van der Waals surface area contributed by atoms with Crippen LogP contribution in [0, 0.1) is 5.92 Å². The van der Waals surface area contributed by atoms with E-state index in [0.29, 0.717) is 0 Å². The zero-order chi connectivity index (χ0) is 24.8. The number of carbonyl (C=O) groups excluding carboxylic acids is 3. The molecule has 0 radical (unpaired) electrons. The third-order valence-electron chi connectivity index (χ3n) is 4.29. The molecule has 0 rings (SSSR count). The van der Waals surface area contributed by atoms with Gasteiger partial charge in [0.15, 0.2) is 5.96 Å². The molecule has 0 aromatic heterocycles. The van der Waals surface area contributed by atoms with Crippen LogP contribution < -0.4 is 33.2 Å². The van der Waals surface area contributed by atoms with Crippen molar-refractivity contribution in [2.24, 2.45) is 28.1 Å². The van der Waals surface area contributed by atoms with Gasteiger partial charge in [-0.25, -0.2) is 0 Å². The van der Waals surface area contributed by atoms with E-state index >= 15 is 0 Å². The molecule has 0 spiro atoms. The van der Waals surface area contributed by atoms with Crippen molar-refractivity contribution in [3.05, 3.63) is 0 Å². The van der Waals surface area contributed by atoms with Gasteiger partial charge in [0, 0.05) is 13.0 Å². The van der Waals surface area contributed by atoms with E-state index in [1.54, 1.807) is 13.8 Å². The minimum atomic E-state index is -1.28. The largest absolute Gasteiger partial charge is 0.481 e. The van der Waals surface area contributed by atoms with Gasteiger partial charge in [-0.3, -0.25) is 29.0 Å². The fourth-order valence-electron chi connectivity index (χ4n) is 2.44. The standard InChI is InChI=1S/C18H33N7O7/c1-9(2)14(19)17(32)25-11(5-6-12(26)27)16(31)24-10(4-3-7-22-18(20)21)15(30)23-8-13(28)29/h9-11,14H,3-8,19H2,1-2H3,(H,23,30)(H,24,31)(H,25,32)(H,26,27)(H,28,29)(H4,20,21,22)/t10-,11-,14-/m0/s1. The number of aliphatic carboxylic acids is 2. The van der Waals surface area contributed by atoms with Crippen molar-refractivity contribution in [3.8, 4) is 0 Å². The maximum Gasteiger partial charge on any atom is 0.322 e. The first-order valence-electron chi connectivity index (χ1n) is 9.98. The summed E-state index contributed by atoms with van der Waals surface area (Å²) in [6, 6.07) is -3.36. The Hall–Kier alpha value is -3.42. The topological polar surface area (TPSA) is 252 Å². The fraction of sp³-hybridized carbons (Fsp3) is 0.667. The second kappa shape index (κ2) is 14.6. The number of nitrogens with zero attached hydrogens (tertiary/aromatic N) is 1. The molecule has 0 heterocycles. The van der Waals surface area contributed by atoms with Gasteiger partial charge < -0.3 is 43.4 Å². The zero-order valence-electron chi connectivity index (χ0n) is 18.2. The number of guanidine groups is 1. The highest BCUT2D eigenvalue weighted by atomic mass is 16.4. The maximum absolute atomic E-state index is 12.8. The Kier molecular flexibility index (Phi) is 13.0.